The van der Waals surface area contributed by atoms with Gasteiger partial charge in [-0.3, -0.25) is 24.1 Å². The number of ether oxygens (including phenoxy) is 1. The minimum Gasteiger partial charge on any atom is -0.483 e. The smallest absolute Gasteiger partial charge is 0.305 e. The molecule has 2 saturated carbocycles. The van der Waals surface area contributed by atoms with E-state index in [1.165, 1.54) is 29.2 Å². The van der Waals surface area contributed by atoms with Gasteiger partial charge in [0.15, 0.2) is 6.61 Å². The SMILES string of the molecule is Cc1ccccc1NC(=O)COc1ccc(Cl)cc1[C@@H]1c2sc(=O)[nH]c2S[C@@H]2[C@@H]3C[C@@H]([C@@H]4C(=O)N(c5ccc(F)cc5)C(=O)[C@@H]34)[C@H]12. The van der Waals surface area contributed by atoms with Crippen molar-refractivity contribution in [3.8, 4) is 5.75 Å². The van der Waals surface area contributed by atoms with Crippen molar-refractivity contribution in [3.63, 3.8) is 0 Å². The van der Waals surface area contributed by atoms with Crippen LogP contribution in [0, 0.1) is 42.3 Å². The van der Waals surface area contributed by atoms with E-state index >= 15 is 0 Å². The number of H-pyrrole nitrogens is 1. The van der Waals surface area contributed by atoms with Crippen LogP contribution in [0.4, 0.5) is 15.8 Å². The van der Waals surface area contributed by atoms with Gasteiger partial charge in [0.1, 0.15) is 11.6 Å². The van der Waals surface area contributed by atoms with Crippen LogP contribution >= 0.6 is 34.7 Å². The van der Waals surface area contributed by atoms with E-state index in [-0.39, 0.29) is 58.1 Å². The normalized spacial score (nSPS) is 27.4. The number of halogens is 2. The summed E-state index contributed by atoms with van der Waals surface area (Å²) in [7, 11) is 0. The van der Waals surface area contributed by atoms with E-state index < -0.39 is 17.7 Å². The number of carbonyl (C=O) groups excluding carboxylic acids is 3. The maximum Gasteiger partial charge on any atom is 0.305 e. The van der Waals surface area contributed by atoms with Crippen molar-refractivity contribution in [2.45, 2.75) is 29.5 Å². The predicted octanol–water partition coefficient (Wildman–Crippen LogP) is 6.23. The van der Waals surface area contributed by atoms with Gasteiger partial charge in [0.2, 0.25) is 11.8 Å². The summed E-state index contributed by atoms with van der Waals surface area (Å²) in [5, 5.41) is 4.07. The lowest BCUT2D eigenvalue weighted by Gasteiger charge is -2.43. The zero-order valence-corrected chi connectivity index (χ0v) is 26.8. The van der Waals surface area contributed by atoms with Crippen molar-refractivity contribution in [2.75, 3.05) is 16.8 Å². The number of thiazole rings is 1. The molecule has 8 nitrogen and oxygen atoms in total. The number of nitrogens with zero attached hydrogens (tertiary/aromatic N) is 1. The number of anilines is 2. The molecule has 0 spiro atoms. The molecule has 8 rings (SSSR count). The molecule has 7 atom stereocenters. The molecule has 2 aliphatic carbocycles. The van der Waals surface area contributed by atoms with Crippen molar-refractivity contribution >= 4 is 63.8 Å². The van der Waals surface area contributed by atoms with Gasteiger partial charge in [-0.05, 0) is 85.2 Å². The van der Waals surface area contributed by atoms with Crippen LogP contribution in [0.1, 0.15) is 28.3 Å². The van der Waals surface area contributed by atoms with Gasteiger partial charge in [-0.2, -0.15) is 0 Å². The number of amides is 3. The average Bonchev–Trinajstić information content (AvgIpc) is 3.77. The molecule has 46 heavy (non-hydrogen) atoms. The maximum absolute atomic E-state index is 14.0. The molecular weight excluding hydrogens is 649 g/mol. The highest BCUT2D eigenvalue weighted by Gasteiger charge is 2.69. The standard InChI is InChI=1S/C34H27ClFN3O5S2/c1-15-4-2-3-5-22(15)37-24(40)14-44-23-11-6-16(35)12-19(23)25-26-20-13-21(29(26)45-31-30(25)46-34(43)38-31)28-27(20)32(41)39(33(28)42)18-9-7-17(36)8-10-18/h2-12,20-21,25-29H,13-14H2,1H3,(H,37,40)(H,38,43)/t20-,21-,25+,26-,27+,28+,29-/m1/s1. The second-order valence-electron chi connectivity index (χ2n) is 12.3. The monoisotopic (exact) mass is 675 g/mol. The number of para-hydroxylation sites is 1. The fraction of sp³-hybridized carbons (Fsp3) is 0.294. The number of nitrogens with one attached hydrogen (secondary N) is 2. The van der Waals surface area contributed by atoms with Crippen LogP contribution in [0.3, 0.4) is 0 Å². The van der Waals surface area contributed by atoms with E-state index in [9.17, 15) is 23.6 Å². The number of hydrogen-bond donors (Lipinski definition) is 2. The zero-order chi connectivity index (χ0) is 31.9. The summed E-state index contributed by atoms with van der Waals surface area (Å²) in [6.07, 6.45) is 0.706. The highest BCUT2D eigenvalue weighted by atomic mass is 35.5. The summed E-state index contributed by atoms with van der Waals surface area (Å²) >= 11 is 9.28. The molecule has 3 amide bonds. The van der Waals surface area contributed by atoms with Crippen LogP contribution < -0.4 is 19.8 Å². The fourth-order valence-corrected chi connectivity index (χ4v) is 11.2. The van der Waals surface area contributed by atoms with E-state index in [1.807, 2.05) is 37.3 Å². The molecule has 234 valence electrons. The molecule has 2 aliphatic heterocycles. The van der Waals surface area contributed by atoms with E-state index in [1.54, 1.807) is 23.9 Å². The first-order valence-electron chi connectivity index (χ1n) is 15.0. The molecular formula is C34H27ClFN3O5S2. The third-order valence-corrected chi connectivity index (χ3v) is 12.7. The Morgan fingerprint density at radius 1 is 1.04 bits per heavy atom. The summed E-state index contributed by atoms with van der Waals surface area (Å²) in [6.45, 7) is 1.66. The Hall–Kier alpha value is -3.93. The molecule has 0 unspecified atom stereocenters. The number of thioether (sulfide) groups is 1. The Morgan fingerprint density at radius 3 is 2.54 bits per heavy atom. The van der Waals surface area contributed by atoms with Crippen molar-refractivity contribution in [1.29, 1.82) is 0 Å². The largest absolute Gasteiger partial charge is 0.483 e. The molecule has 4 aliphatic rings. The number of fused-ring (bicyclic) bond motifs is 9. The second kappa shape index (κ2) is 11.1. The molecule has 2 bridgehead atoms. The number of aromatic nitrogens is 1. The Morgan fingerprint density at radius 2 is 1.78 bits per heavy atom. The zero-order valence-electron chi connectivity index (χ0n) is 24.4. The predicted molar refractivity (Wildman–Crippen MR) is 174 cm³/mol. The first-order chi connectivity index (χ1) is 22.2. The van der Waals surface area contributed by atoms with Crippen LogP contribution in [0.2, 0.25) is 5.02 Å². The van der Waals surface area contributed by atoms with E-state index in [4.69, 9.17) is 16.3 Å². The van der Waals surface area contributed by atoms with Crippen molar-refractivity contribution in [1.82, 2.24) is 4.98 Å². The molecule has 2 N–H and O–H groups in total. The van der Waals surface area contributed by atoms with Gasteiger partial charge >= 0.3 is 4.87 Å². The minimum atomic E-state index is -0.521. The third-order valence-electron chi connectivity index (χ3n) is 9.89. The molecule has 12 heteroatoms. The summed E-state index contributed by atoms with van der Waals surface area (Å²) < 4.78 is 19.8. The summed E-state index contributed by atoms with van der Waals surface area (Å²) in [5.41, 5.74) is 2.73. The number of imide groups is 1. The van der Waals surface area contributed by atoms with E-state index in [0.29, 0.717) is 28.6 Å². The lowest BCUT2D eigenvalue weighted by Crippen LogP contribution is -2.42. The topological polar surface area (TPSA) is 109 Å². The van der Waals surface area contributed by atoms with Gasteiger partial charge in [0.25, 0.3) is 5.91 Å². The Bertz CT molecular complexity index is 1980. The molecule has 1 saturated heterocycles. The van der Waals surface area contributed by atoms with Crippen molar-refractivity contribution < 1.29 is 23.5 Å². The average molecular weight is 676 g/mol. The van der Waals surface area contributed by atoms with Crippen LogP contribution in [-0.2, 0) is 14.4 Å². The van der Waals surface area contributed by atoms with Gasteiger partial charge in [0, 0.05) is 32.3 Å². The molecule has 3 fully saturated rings. The first-order valence-corrected chi connectivity index (χ1v) is 17.1. The van der Waals surface area contributed by atoms with Gasteiger partial charge in [-0.15, -0.1) is 11.8 Å². The van der Waals surface area contributed by atoms with Gasteiger partial charge < -0.3 is 15.0 Å². The first kappa shape index (κ1) is 29.5. The van der Waals surface area contributed by atoms with Crippen LogP contribution in [0.5, 0.6) is 5.75 Å². The van der Waals surface area contributed by atoms with Crippen LogP contribution in [0.15, 0.2) is 76.6 Å². The maximum atomic E-state index is 14.0. The van der Waals surface area contributed by atoms with Crippen molar-refractivity contribution in [3.05, 3.63) is 103 Å². The Balaban J connectivity index is 1.15. The summed E-state index contributed by atoms with van der Waals surface area (Å²) in [6, 6.07) is 18.2. The molecule has 3 aromatic carbocycles. The number of aromatic amines is 1. The number of aryl methyl sites for hydroxylation is 1. The summed E-state index contributed by atoms with van der Waals surface area (Å²) in [5.74, 6) is -2.49. The van der Waals surface area contributed by atoms with Gasteiger partial charge in [-0.25, -0.2) is 4.39 Å². The highest BCUT2D eigenvalue weighted by Crippen LogP contribution is 2.69. The molecule has 4 aromatic rings. The lowest BCUT2D eigenvalue weighted by molar-refractivity contribution is -0.123. The van der Waals surface area contributed by atoms with Crippen molar-refractivity contribution in [2.24, 2.45) is 29.6 Å². The lowest BCUT2D eigenvalue weighted by atomic mass is 9.68. The molecule has 0 radical (unpaired) electrons. The quantitative estimate of drug-likeness (QED) is 0.235. The van der Waals surface area contributed by atoms with E-state index in [2.05, 4.69) is 10.3 Å². The Labute approximate surface area is 276 Å². The number of rotatable bonds is 6. The number of carbonyl (C=O) groups is 3. The third kappa shape index (κ3) is 4.62. The van der Waals surface area contributed by atoms with E-state index in [0.717, 1.165) is 32.4 Å². The number of hydrogen-bond acceptors (Lipinski definition) is 7. The fourth-order valence-electron chi connectivity index (χ4n) is 8.15. The van der Waals surface area contributed by atoms with Gasteiger partial charge in [0.05, 0.1) is 22.5 Å². The highest BCUT2D eigenvalue weighted by molar-refractivity contribution is 8.00. The minimum absolute atomic E-state index is 0.0462. The van der Waals surface area contributed by atoms with Crippen LogP contribution in [0.25, 0.3) is 0 Å². The van der Waals surface area contributed by atoms with Gasteiger partial charge in [-0.1, -0.05) is 41.1 Å². The second-order valence-corrected chi connectivity index (χ2v) is 14.9. The van der Waals surface area contributed by atoms with Crippen LogP contribution in [-0.4, -0.2) is 34.6 Å². The molecule has 3 heterocycles. The molecule has 1 aromatic heterocycles. The Kier molecular flexibility index (Phi) is 7.11. The number of benzene rings is 3. The summed E-state index contributed by atoms with van der Waals surface area (Å²) in [4.78, 5) is 58.3.